The normalized spacial score (nSPS) is 23.6. The Hall–Kier alpha value is -4.32. The summed E-state index contributed by atoms with van der Waals surface area (Å²) in [6.07, 6.45) is 3.82. The number of aliphatic carboxylic acids is 2. The number of carbonyl (C=O) groups is 8. The second-order valence-corrected chi connectivity index (χ2v) is 10.8. The predicted molar refractivity (Wildman–Crippen MR) is 152 cm³/mol. The number of ether oxygens (including phenoxy) is 2. The molecule has 18 heteroatoms. The number of carboxylic acids is 2. The van der Waals surface area contributed by atoms with Crippen LogP contribution < -0.4 is 22.1 Å². The van der Waals surface area contributed by atoms with Crippen molar-refractivity contribution in [3.05, 3.63) is 0 Å². The molecule has 4 fully saturated rings. The number of carbonyl (C=O) groups excluding carboxylic acids is 6. The van der Waals surface area contributed by atoms with Crippen molar-refractivity contribution in [3.63, 3.8) is 0 Å². The van der Waals surface area contributed by atoms with Gasteiger partial charge in [-0.15, -0.1) is 0 Å². The Balaban J connectivity index is 0.000000250. The lowest BCUT2D eigenvalue weighted by Crippen LogP contribution is -2.49. The fourth-order valence-electron chi connectivity index (χ4n) is 5.47. The highest BCUT2D eigenvalue weighted by Crippen LogP contribution is 2.22. The van der Waals surface area contributed by atoms with Crippen molar-refractivity contribution >= 4 is 47.9 Å². The van der Waals surface area contributed by atoms with E-state index in [1.807, 2.05) is 0 Å². The second kappa shape index (κ2) is 18.5. The van der Waals surface area contributed by atoms with Crippen LogP contribution in [0.15, 0.2) is 0 Å². The largest absolute Gasteiger partial charge is 0.481 e. The highest BCUT2D eigenvalue weighted by Gasteiger charge is 2.40. The lowest BCUT2D eigenvalue weighted by Gasteiger charge is -2.25. The number of rotatable bonds is 8. The quantitative estimate of drug-likeness (QED) is 0.137. The average Bonchev–Trinajstić information content (AvgIpc) is 3.79. The molecule has 45 heavy (non-hydrogen) atoms. The first kappa shape index (κ1) is 36.9. The highest BCUT2D eigenvalue weighted by atomic mass is 16.6. The number of primary amides is 2. The van der Waals surface area contributed by atoms with Gasteiger partial charge in [0.05, 0.1) is 12.1 Å². The molecule has 0 aromatic heterocycles. The van der Waals surface area contributed by atoms with E-state index >= 15 is 0 Å². The molecular formula is C27H42N6O12. The molecule has 4 atom stereocenters. The van der Waals surface area contributed by atoms with Gasteiger partial charge >= 0.3 is 36.1 Å². The monoisotopic (exact) mass is 642 g/mol. The number of amides is 4. The molecule has 4 heterocycles. The topological polar surface area (TPSA) is 278 Å². The number of nitrogens with two attached hydrogens (primary N) is 2. The van der Waals surface area contributed by atoms with E-state index in [9.17, 15) is 38.4 Å². The molecule has 18 nitrogen and oxygen atoms in total. The second-order valence-electron chi connectivity index (χ2n) is 10.8. The van der Waals surface area contributed by atoms with Gasteiger partial charge in [0.1, 0.15) is 12.1 Å². The fourth-order valence-corrected chi connectivity index (χ4v) is 5.47. The number of esters is 2. The minimum Gasteiger partial charge on any atom is -0.481 e. The van der Waals surface area contributed by atoms with Gasteiger partial charge in [-0.05, 0) is 70.9 Å². The van der Waals surface area contributed by atoms with Crippen molar-refractivity contribution < 1.29 is 58.0 Å². The van der Waals surface area contributed by atoms with Crippen LogP contribution in [0.1, 0.15) is 70.6 Å². The smallest absolute Gasteiger partial charge is 0.412 e. The molecule has 4 aliphatic heterocycles. The number of nitrogens with one attached hydrogen (secondary N) is 2. The van der Waals surface area contributed by atoms with Crippen LogP contribution in [0.5, 0.6) is 0 Å². The van der Waals surface area contributed by atoms with Gasteiger partial charge in [0.15, 0.2) is 0 Å². The molecule has 4 rings (SSSR count). The Kier molecular flexibility index (Phi) is 15.1. The average molecular weight is 643 g/mol. The Bertz CT molecular complexity index is 1020. The minimum atomic E-state index is -1.13. The predicted octanol–water partition coefficient (Wildman–Crippen LogP) is -0.971. The van der Waals surface area contributed by atoms with Crippen molar-refractivity contribution in [2.24, 2.45) is 11.5 Å². The molecule has 0 saturated carbocycles. The molecular weight excluding hydrogens is 600 g/mol. The zero-order valence-corrected chi connectivity index (χ0v) is 24.9. The van der Waals surface area contributed by atoms with Gasteiger partial charge in [-0.3, -0.25) is 19.2 Å². The van der Waals surface area contributed by atoms with Crippen LogP contribution in [-0.4, -0.2) is 118 Å². The molecule has 0 bridgehead atoms. The van der Waals surface area contributed by atoms with E-state index in [-0.39, 0.29) is 43.2 Å². The fraction of sp³-hybridized carbons (Fsp3) is 0.704. The van der Waals surface area contributed by atoms with Crippen LogP contribution in [0.4, 0.5) is 9.59 Å². The maximum atomic E-state index is 12.2. The van der Waals surface area contributed by atoms with Crippen molar-refractivity contribution in [1.29, 1.82) is 0 Å². The van der Waals surface area contributed by atoms with Crippen molar-refractivity contribution in [3.8, 4) is 0 Å². The van der Waals surface area contributed by atoms with E-state index in [4.69, 9.17) is 21.7 Å². The van der Waals surface area contributed by atoms with Crippen LogP contribution in [0.25, 0.3) is 0 Å². The Morgan fingerprint density at radius 1 is 0.622 bits per heavy atom. The SMILES string of the molecule is NC(=O)OC(=O)[C@@H]1CCCN1C(=O)[C@@H]1CCCN1.NC(=O)OC(=O)[C@@H]1CCCN1C(=O)[C@@H]1CCCN1.O=C(O)CCCC(=O)O. The number of likely N-dealkylation sites (tertiary alicyclic amines) is 2. The lowest BCUT2D eigenvalue weighted by atomic mass is 10.1. The minimum absolute atomic E-state index is 0.0632. The van der Waals surface area contributed by atoms with E-state index < -0.39 is 48.1 Å². The maximum Gasteiger partial charge on any atom is 0.412 e. The molecule has 252 valence electrons. The first-order valence-corrected chi connectivity index (χ1v) is 14.8. The molecule has 0 aliphatic carbocycles. The van der Waals surface area contributed by atoms with Gasteiger partial charge in [-0.1, -0.05) is 0 Å². The zero-order chi connectivity index (χ0) is 33.5. The van der Waals surface area contributed by atoms with Crippen LogP contribution in [0.2, 0.25) is 0 Å². The molecule has 0 spiro atoms. The lowest BCUT2D eigenvalue weighted by molar-refractivity contribution is -0.149. The molecule has 0 unspecified atom stereocenters. The van der Waals surface area contributed by atoms with Gasteiger partial charge in [0.25, 0.3) is 0 Å². The number of hydrogen-bond acceptors (Lipinski definition) is 12. The van der Waals surface area contributed by atoms with E-state index in [1.165, 1.54) is 9.80 Å². The molecule has 0 aromatic rings. The van der Waals surface area contributed by atoms with Gasteiger partial charge in [0, 0.05) is 25.9 Å². The summed E-state index contributed by atoms with van der Waals surface area (Å²) in [5.74, 6) is -3.53. The van der Waals surface area contributed by atoms with Crippen molar-refractivity contribution in [2.75, 3.05) is 26.2 Å². The standard InChI is InChI=1S/2C11H17N3O4.C5H8O4/c2*12-11(17)18-10(16)8-4-2-6-14(8)9(15)7-3-1-5-13-7;6-4(7)2-1-3-5(8)9/h2*7-8,13H,1-6H2,(H2,12,17);1-3H2,(H,6,7)(H,8,9)/t2*7-,8-;/m00./s1. The van der Waals surface area contributed by atoms with Crippen molar-refractivity contribution in [2.45, 2.75) is 94.8 Å². The first-order valence-electron chi connectivity index (χ1n) is 14.8. The highest BCUT2D eigenvalue weighted by molar-refractivity contribution is 5.93. The van der Waals surface area contributed by atoms with E-state index in [2.05, 4.69) is 20.1 Å². The van der Waals surface area contributed by atoms with Gasteiger partial charge in [0.2, 0.25) is 11.8 Å². The van der Waals surface area contributed by atoms with Gasteiger partial charge in [-0.25, -0.2) is 19.2 Å². The molecule has 8 N–H and O–H groups in total. The maximum absolute atomic E-state index is 12.2. The van der Waals surface area contributed by atoms with Crippen LogP contribution in [-0.2, 0) is 38.2 Å². The molecule has 4 saturated heterocycles. The molecule has 0 aromatic carbocycles. The Morgan fingerprint density at radius 2 is 1.00 bits per heavy atom. The van der Waals surface area contributed by atoms with E-state index in [0.717, 1.165) is 51.6 Å². The zero-order valence-electron chi connectivity index (χ0n) is 24.9. The summed E-state index contributed by atoms with van der Waals surface area (Å²) in [4.78, 5) is 91.4. The van der Waals surface area contributed by atoms with Crippen LogP contribution in [0, 0.1) is 0 Å². The van der Waals surface area contributed by atoms with Crippen LogP contribution >= 0.6 is 0 Å². The summed E-state index contributed by atoms with van der Waals surface area (Å²) >= 11 is 0. The summed E-state index contributed by atoms with van der Waals surface area (Å²) in [7, 11) is 0. The Labute approximate surface area is 259 Å². The summed E-state index contributed by atoms with van der Waals surface area (Å²) in [5, 5.41) is 22.3. The van der Waals surface area contributed by atoms with E-state index in [1.54, 1.807) is 0 Å². The van der Waals surface area contributed by atoms with Gasteiger partial charge < -0.3 is 51.6 Å². The first-order chi connectivity index (χ1) is 21.3. The van der Waals surface area contributed by atoms with E-state index in [0.29, 0.717) is 25.9 Å². The third-order valence-electron chi connectivity index (χ3n) is 7.52. The molecule has 4 amide bonds. The number of nitrogens with zero attached hydrogens (tertiary/aromatic N) is 2. The third kappa shape index (κ3) is 12.3. The number of hydrogen-bond donors (Lipinski definition) is 6. The van der Waals surface area contributed by atoms with Crippen molar-refractivity contribution in [1.82, 2.24) is 20.4 Å². The summed E-state index contributed by atoms with van der Waals surface area (Å²) in [6.45, 7) is 2.69. The van der Waals surface area contributed by atoms with Crippen LogP contribution in [0.3, 0.4) is 0 Å². The summed E-state index contributed by atoms with van der Waals surface area (Å²) in [5.41, 5.74) is 9.61. The molecule has 0 radical (unpaired) electrons. The summed E-state index contributed by atoms with van der Waals surface area (Å²) in [6, 6.07) is -1.78. The Morgan fingerprint density at radius 3 is 1.29 bits per heavy atom. The third-order valence-corrected chi connectivity index (χ3v) is 7.52. The number of carboxylic acid groups (broad SMARTS) is 2. The summed E-state index contributed by atoms with van der Waals surface area (Å²) < 4.78 is 8.73. The molecule has 4 aliphatic rings. The van der Waals surface area contributed by atoms with Gasteiger partial charge in [-0.2, -0.15) is 0 Å².